The number of carbonyl (C=O) groups is 2. The van der Waals surface area contributed by atoms with Crippen molar-refractivity contribution in [3.63, 3.8) is 0 Å². The van der Waals surface area contributed by atoms with E-state index in [1.807, 2.05) is 26.1 Å². The van der Waals surface area contributed by atoms with E-state index in [4.69, 9.17) is 9.47 Å². The molecule has 10 heteroatoms. The second-order valence-corrected chi connectivity index (χ2v) is 18.8. The van der Waals surface area contributed by atoms with Crippen LogP contribution in [0.3, 0.4) is 0 Å². The molecule has 1 heterocycles. The van der Waals surface area contributed by atoms with Gasteiger partial charge in [-0.15, -0.1) is 0 Å². The van der Waals surface area contributed by atoms with Crippen molar-refractivity contribution in [1.29, 1.82) is 0 Å². The Morgan fingerprint density at radius 3 is 1.53 bits per heavy atom. The Hall–Kier alpha value is -1.78. The smallest absolute Gasteiger partial charge is 0.306 e. The lowest BCUT2D eigenvalue weighted by Crippen LogP contribution is -2.28. The minimum Gasteiger partial charge on any atom is -0.462 e. The molecule has 1 atom stereocenters. The van der Waals surface area contributed by atoms with E-state index in [9.17, 15) is 9.59 Å². The van der Waals surface area contributed by atoms with Crippen LogP contribution in [-0.4, -0.2) is 85.5 Å². The van der Waals surface area contributed by atoms with Gasteiger partial charge in [0.2, 0.25) is 0 Å². The molecule has 0 aliphatic heterocycles. The molecule has 366 valence electrons. The van der Waals surface area contributed by atoms with Crippen molar-refractivity contribution in [1.82, 2.24) is 13.6 Å². The van der Waals surface area contributed by atoms with Crippen molar-refractivity contribution in [2.45, 2.75) is 265 Å². The number of aromatic nitrogens is 2. The lowest BCUT2D eigenvalue weighted by molar-refractivity contribution is -0.150. The van der Waals surface area contributed by atoms with Crippen LogP contribution < -0.4 is 10.2 Å². The minimum atomic E-state index is 0.0269. The zero-order valence-corrected chi connectivity index (χ0v) is 43.0. The van der Waals surface area contributed by atoms with Crippen LogP contribution in [0.15, 0.2) is 0 Å². The van der Waals surface area contributed by atoms with Crippen molar-refractivity contribution >= 4 is 35.6 Å². The third-order valence-electron chi connectivity index (χ3n) is 12.2. The van der Waals surface area contributed by atoms with Gasteiger partial charge >= 0.3 is 5.97 Å². The summed E-state index contributed by atoms with van der Waals surface area (Å²) in [6.45, 7) is 13.2. The number of nitrogens with one attached hydrogen (secondary N) is 1. The number of nitrogens with zero attached hydrogens (tertiary/aromatic N) is 4. The summed E-state index contributed by atoms with van der Waals surface area (Å²) in [7, 11) is 5.82. The maximum absolute atomic E-state index is 12.8. The van der Waals surface area contributed by atoms with Gasteiger partial charge in [0, 0.05) is 40.6 Å². The van der Waals surface area contributed by atoms with Crippen LogP contribution in [0, 0.1) is 0 Å². The first kappa shape index (κ1) is 60.2. The van der Waals surface area contributed by atoms with E-state index < -0.39 is 0 Å². The number of ether oxygens (including phenoxy) is 2. The molecule has 9 nitrogen and oxygen atoms in total. The minimum absolute atomic E-state index is 0.0269. The number of unbranched alkanes of at least 4 members (excludes halogenated alkanes) is 24. The monoisotopic (exact) mass is 894 g/mol. The van der Waals surface area contributed by atoms with Crippen molar-refractivity contribution in [3.05, 3.63) is 0 Å². The molecule has 0 saturated heterocycles. The number of carbonyl (C=O) groups excluding carboxylic acids is 2. The van der Waals surface area contributed by atoms with Crippen molar-refractivity contribution in [3.8, 4) is 0 Å². The SMILES string of the molecule is CCCCCCCCC(CC)OC.CCCCCCCCC(CCCCCCCC)OC(=O)CCCCCCCN(CCCCCCCC=O)CCCNc1nsnc1N(C)C. The Morgan fingerprint density at radius 2 is 1.05 bits per heavy atom. The van der Waals surface area contributed by atoms with E-state index in [2.05, 4.69) is 46.7 Å². The summed E-state index contributed by atoms with van der Waals surface area (Å²) in [5.74, 6) is 1.82. The van der Waals surface area contributed by atoms with E-state index in [1.165, 1.54) is 172 Å². The normalized spacial score (nSPS) is 11.8. The van der Waals surface area contributed by atoms with Crippen LogP contribution in [-0.2, 0) is 19.1 Å². The molecule has 0 spiro atoms. The number of esters is 1. The number of hydrogen-bond acceptors (Lipinski definition) is 10. The molecule has 1 N–H and O–H groups in total. The number of hydrogen-bond donors (Lipinski definition) is 1. The summed E-state index contributed by atoms with van der Waals surface area (Å²) >= 11 is 1.25. The fourth-order valence-corrected chi connectivity index (χ4v) is 8.71. The van der Waals surface area contributed by atoms with Crippen molar-refractivity contribution < 1.29 is 19.1 Å². The molecular formula is C52H103N5O4S. The van der Waals surface area contributed by atoms with Gasteiger partial charge in [0.1, 0.15) is 12.4 Å². The molecule has 0 amide bonds. The summed E-state index contributed by atoms with van der Waals surface area (Å²) in [6.07, 6.45) is 43.7. The van der Waals surface area contributed by atoms with Gasteiger partial charge in [-0.2, -0.15) is 8.75 Å². The van der Waals surface area contributed by atoms with Gasteiger partial charge in [-0.1, -0.05) is 169 Å². The highest BCUT2D eigenvalue weighted by atomic mass is 32.1. The largest absolute Gasteiger partial charge is 0.462 e. The molecule has 0 aromatic carbocycles. The number of rotatable bonds is 46. The highest BCUT2D eigenvalue weighted by Gasteiger charge is 2.15. The van der Waals surface area contributed by atoms with Gasteiger partial charge in [0.15, 0.2) is 11.6 Å². The van der Waals surface area contributed by atoms with E-state index >= 15 is 0 Å². The van der Waals surface area contributed by atoms with Gasteiger partial charge in [0.25, 0.3) is 0 Å². The molecule has 0 aliphatic carbocycles. The standard InChI is InChI=1S/C40H77N5O3S.C12H26O/c1-5-7-9-11-16-22-29-37(30-23-17-12-10-8-6-2)48-38(47)31-24-18-15-20-26-34-45(33-25-19-13-14-21-27-36-46)35-28-32-41-39-40(44(3)4)43-49-42-39;1-4-6-7-8-9-10-11-12(5-2)13-3/h36-37H,5-35H2,1-4H3,(H,41,42);12H,4-11H2,1-3H3. The lowest BCUT2D eigenvalue weighted by atomic mass is 10.0. The third kappa shape index (κ3) is 38.7. The van der Waals surface area contributed by atoms with E-state index in [0.29, 0.717) is 18.9 Å². The Balaban J connectivity index is 0.00000245. The first-order chi connectivity index (χ1) is 30.4. The molecule has 0 aliphatic rings. The first-order valence-electron chi connectivity index (χ1n) is 26.5. The molecule has 1 aromatic heterocycles. The Morgan fingerprint density at radius 1 is 0.597 bits per heavy atom. The molecule has 1 aromatic rings. The van der Waals surface area contributed by atoms with Crippen molar-refractivity contribution in [2.75, 3.05) is 57.6 Å². The molecule has 1 unspecified atom stereocenters. The highest BCUT2D eigenvalue weighted by Crippen LogP contribution is 2.21. The predicted molar refractivity (Wildman–Crippen MR) is 270 cm³/mol. The van der Waals surface area contributed by atoms with Crippen molar-refractivity contribution in [2.24, 2.45) is 0 Å². The fraction of sp³-hybridized carbons (Fsp3) is 0.923. The molecule has 0 radical (unpaired) electrons. The Labute approximate surface area is 389 Å². The van der Waals surface area contributed by atoms with Gasteiger partial charge in [-0.3, -0.25) is 4.79 Å². The topological polar surface area (TPSA) is 96.9 Å². The zero-order chi connectivity index (χ0) is 45.6. The summed E-state index contributed by atoms with van der Waals surface area (Å²) in [4.78, 5) is 28.0. The maximum Gasteiger partial charge on any atom is 0.306 e. The molecule has 62 heavy (non-hydrogen) atoms. The third-order valence-corrected chi connectivity index (χ3v) is 12.7. The molecule has 0 bridgehead atoms. The summed E-state index contributed by atoms with van der Waals surface area (Å²) in [6, 6.07) is 0. The van der Waals surface area contributed by atoms with Crippen LogP contribution in [0.1, 0.15) is 252 Å². The van der Waals surface area contributed by atoms with E-state index in [-0.39, 0.29) is 12.1 Å². The second kappa shape index (κ2) is 47.2. The quantitative estimate of drug-likeness (QED) is 0.0390. The lowest BCUT2D eigenvalue weighted by Gasteiger charge is -2.22. The Kier molecular flexibility index (Phi) is 45.8. The number of methoxy groups -OCH3 is 1. The van der Waals surface area contributed by atoms with Gasteiger partial charge < -0.3 is 29.4 Å². The van der Waals surface area contributed by atoms with Crippen LogP contribution in [0.5, 0.6) is 0 Å². The molecule has 0 saturated carbocycles. The Bertz CT molecular complexity index is 1060. The van der Waals surface area contributed by atoms with Gasteiger partial charge in [0.05, 0.1) is 17.8 Å². The average Bonchev–Trinajstić information content (AvgIpc) is 3.75. The van der Waals surface area contributed by atoms with Crippen LogP contribution >= 0.6 is 11.7 Å². The highest BCUT2D eigenvalue weighted by molar-refractivity contribution is 6.99. The van der Waals surface area contributed by atoms with Crippen LogP contribution in [0.4, 0.5) is 11.6 Å². The van der Waals surface area contributed by atoms with Gasteiger partial charge in [-0.25, -0.2) is 0 Å². The van der Waals surface area contributed by atoms with Crippen LogP contribution in [0.25, 0.3) is 0 Å². The first-order valence-corrected chi connectivity index (χ1v) is 27.2. The number of aldehydes is 1. The second-order valence-electron chi connectivity index (χ2n) is 18.2. The van der Waals surface area contributed by atoms with Crippen LogP contribution in [0.2, 0.25) is 0 Å². The molecule has 0 fully saturated rings. The summed E-state index contributed by atoms with van der Waals surface area (Å²) in [5.41, 5.74) is 0. The summed E-state index contributed by atoms with van der Waals surface area (Å²) < 4.78 is 20.2. The molecular weight excluding hydrogens is 791 g/mol. The van der Waals surface area contributed by atoms with E-state index in [0.717, 1.165) is 95.5 Å². The summed E-state index contributed by atoms with van der Waals surface area (Å²) in [5, 5.41) is 3.48. The maximum atomic E-state index is 12.8. The fourth-order valence-electron chi connectivity index (χ4n) is 8.11. The zero-order valence-electron chi connectivity index (χ0n) is 42.1. The predicted octanol–water partition coefficient (Wildman–Crippen LogP) is 15.2. The number of anilines is 2. The average molecular weight is 894 g/mol. The van der Waals surface area contributed by atoms with Gasteiger partial charge in [-0.05, 0) is 90.3 Å². The molecule has 1 rings (SSSR count). The van der Waals surface area contributed by atoms with E-state index in [1.54, 1.807) is 0 Å².